The molecular weight excluding hydrogens is 341 g/mol. The van der Waals surface area contributed by atoms with Crippen LogP contribution in [0, 0.1) is 0 Å². The molecule has 1 aromatic carbocycles. The molecule has 2 unspecified atom stereocenters. The monoisotopic (exact) mass is 358 g/mol. The molecule has 2 heterocycles. The van der Waals surface area contributed by atoms with Crippen molar-refractivity contribution in [2.24, 2.45) is 0 Å². The summed E-state index contributed by atoms with van der Waals surface area (Å²) in [5.41, 5.74) is 0.316. The molecule has 0 saturated carbocycles. The van der Waals surface area contributed by atoms with Crippen molar-refractivity contribution in [3.63, 3.8) is 0 Å². The molecule has 0 spiro atoms. The molecule has 25 heavy (non-hydrogen) atoms. The highest BCUT2D eigenvalue weighted by Crippen LogP contribution is 2.33. The Hall–Kier alpha value is -2.45. The van der Waals surface area contributed by atoms with Gasteiger partial charge in [0, 0.05) is 25.1 Å². The number of piperidine rings is 1. The molecule has 3 rings (SSSR count). The van der Waals surface area contributed by atoms with E-state index in [4.69, 9.17) is 9.47 Å². The quantitative estimate of drug-likeness (QED) is 0.879. The molecule has 2 aliphatic rings. The number of likely N-dealkylation sites (tertiary alicyclic amines) is 1. The lowest BCUT2D eigenvalue weighted by molar-refractivity contribution is -0.196. The largest absolute Gasteiger partial charge is 0.454 e. The molecule has 0 aromatic heterocycles. The summed E-state index contributed by atoms with van der Waals surface area (Å²) in [4.78, 5) is 24.7. The van der Waals surface area contributed by atoms with E-state index in [0.717, 1.165) is 11.8 Å². The van der Waals surface area contributed by atoms with Crippen LogP contribution in [0.15, 0.2) is 18.2 Å². The second-order valence-electron chi connectivity index (χ2n) is 6.04. The van der Waals surface area contributed by atoms with Crippen LogP contribution in [0.3, 0.4) is 0 Å². The molecule has 1 aromatic rings. The van der Waals surface area contributed by atoms with Gasteiger partial charge in [0.15, 0.2) is 11.5 Å². The number of carbonyl (C=O) groups excluding carboxylic acids is 2. The molecular formula is C16H17F3N2O4. The lowest BCUT2D eigenvalue weighted by Crippen LogP contribution is -2.57. The van der Waals surface area contributed by atoms with Crippen molar-refractivity contribution in [1.29, 1.82) is 0 Å². The van der Waals surface area contributed by atoms with Crippen molar-refractivity contribution in [1.82, 2.24) is 10.2 Å². The number of hydrogen-bond donors (Lipinski definition) is 1. The van der Waals surface area contributed by atoms with E-state index in [0.29, 0.717) is 17.1 Å². The van der Waals surface area contributed by atoms with Gasteiger partial charge in [-0.25, -0.2) is 0 Å². The number of alkyl halides is 3. The minimum absolute atomic E-state index is 0.0788. The highest BCUT2D eigenvalue weighted by Gasteiger charge is 2.47. The van der Waals surface area contributed by atoms with E-state index >= 15 is 0 Å². The summed E-state index contributed by atoms with van der Waals surface area (Å²) < 4.78 is 49.4. The van der Waals surface area contributed by atoms with Crippen molar-refractivity contribution in [3.05, 3.63) is 23.8 Å². The number of benzene rings is 1. The van der Waals surface area contributed by atoms with Crippen molar-refractivity contribution in [2.75, 3.05) is 13.3 Å². The van der Waals surface area contributed by atoms with E-state index in [1.807, 2.05) is 0 Å². The minimum atomic E-state index is -4.47. The molecule has 2 aliphatic heterocycles. The first-order valence-electron chi connectivity index (χ1n) is 7.80. The lowest BCUT2D eigenvalue weighted by atomic mass is 9.97. The van der Waals surface area contributed by atoms with Gasteiger partial charge in [-0.05, 0) is 31.0 Å². The Bertz CT molecular complexity index is 692. The fourth-order valence-electron chi connectivity index (χ4n) is 3.08. The molecule has 136 valence electrons. The van der Waals surface area contributed by atoms with Gasteiger partial charge in [-0.3, -0.25) is 9.59 Å². The zero-order valence-corrected chi connectivity index (χ0v) is 13.4. The number of amides is 2. The van der Waals surface area contributed by atoms with Crippen LogP contribution in [0.25, 0.3) is 0 Å². The number of halogens is 3. The summed E-state index contributed by atoms with van der Waals surface area (Å²) in [6, 6.07) is 2.32. The third-order valence-electron chi connectivity index (χ3n) is 4.33. The summed E-state index contributed by atoms with van der Waals surface area (Å²) in [6.45, 7) is 1.01. The van der Waals surface area contributed by atoms with Crippen LogP contribution < -0.4 is 14.8 Å². The van der Waals surface area contributed by atoms with Gasteiger partial charge in [0.2, 0.25) is 12.7 Å². The average Bonchev–Trinajstić information content (AvgIpc) is 3.01. The van der Waals surface area contributed by atoms with E-state index in [-0.39, 0.29) is 26.2 Å². The molecule has 2 atom stereocenters. The number of nitrogens with one attached hydrogen (secondary N) is 1. The maximum atomic E-state index is 13.0. The fraction of sp³-hybridized carbons (Fsp3) is 0.500. The van der Waals surface area contributed by atoms with Crippen molar-refractivity contribution in [3.8, 4) is 11.5 Å². The standard InChI is InChI=1S/C16H17F3N2O4/c1-9(22)21-7-11(3-5-14(21)16(17,18)19)20-15(23)10-2-4-12-13(6-10)25-8-24-12/h2,4,6,11,14H,3,5,7-8H2,1H3,(H,20,23). The third-order valence-corrected chi connectivity index (χ3v) is 4.33. The maximum absolute atomic E-state index is 13.0. The Labute approximate surface area is 141 Å². The molecule has 0 radical (unpaired) electrons. The number of rotatable bonds is 2. The van der Waals surface area contributed by atoms with Crippen LogP contribution in [0.1, 0.15) is 30.1 Å². The number of ether oxygens (including phenoxy) is 2. The number of fused-ring (bicyclic) bond motifs is 1. The van der Waals surface area contributed by atoms with E-state index < -0.39 is 30.1 Å². The van der Waals surface area contributed by atoms with Gasteiger partial charge < -0.3 is 19.7 Å². The second kappa shape index (κ2) is 6.45. The number of nitrogens with zero attached hydrogens (tertiary/aromatic N) is 1. The normalized spacial score (nSPS) is 22.6. The predicted molar refractivity (Wildman–Crippen MR) is 80.3 cm³/mol. The van der Waals surface area contributed by atoms with Crippen LogP contribution in [0.2, 0.25) is 0 Å². The van der Waals surface area contributed by atoms with Gasteiger partial charge in [0.25, 0.3) is 5.91 Å². The lowest BCUT2D eigenvalue weighted by Gasteiger charge is -2.40. The van der Waals surface area contributed by atoms with Gasteiger partial charge in [0.05, 0.1) is 0 Å². The Morgan fingerprint density at radius 3 is 2.60 bits per heavy atom. The fourth-order valence-corrected chi connectivity index (χ4v) is 3.08. The van der Waals surface area contributed by atoms with Crippen LogP contribution in [0.5, 0.6) is 11.5 Å². The molecule has 0 aliphatic carbocycles. The Kier molecular flexibility index (Phi) is 4.49. The Morgan fingerprint density at radius 2 is 1.92 bits per heavy atom. The number of hydrogen-bond acceptors (Lipinski definition) is 4. The zero-order valence-electron chi connectivity index (χ0n) is 13.4. The zero-order chi connectivity index (χ0) is 18.2. The van der Waals surface area contributed by atoms with Crippen molar-refractivity contribution < 1.29 is 32.2 Å². The first kappa shape index (κ1) is 17.4. The molecule has 1 fully saturated rings. The highest BCUT2D eigenvalue weighted by molar-refractivity contribution is 5.95. The van der Waals surface area contributed by atoms with Gasteiger partial charge >= 0.3 is 6.18 Å². The molecule has 2 amide bonds. The summed E-state index contributed by atoms with van der Waals surface area (Å²) in [6.07, 6.45) is -4.57. The van der Waals surface area contributed by atoms with Crippen molar-refractivity contribution in [2.45, 2.75) is 38.0 Å². The minimum Gasteiger partial charge on any atom is -0.454 e. The summed E-state index contributed by atoms with van der Waals surface area (Å²) in [5.74, 6) is -0.120. The van der Waals surface area contributed by atoms with Crippen LogP contribution in [0.4, 0.5) is 13.2 Å². The SMILES string of the molecule is CC(=O)N1CC(NC(=O)c2ccc3c(c2)OCO3)CCC1C(F)(F)F. The summed E-state index contributed by atoms with van der Waals surface area (Å²) >= 11 is 0. The molecule has 6 nitrogen and oxygen atoms in total. The Morgan fingerprint density at radius 1 is 1.20 bits per heavy atom. The third kappa shape index (κ3) is 3.64. The van der Waals surface area contributed by atoms with Crippen LogP contribution >= 0.6 is 0 Å². The van der Waals surface area contributed by atoms with Gasteiger partial charge in [0.1, 0.15) is 6.04 Å². The van der Waals surface area contributed by atoms with E-state index in [2.05, 4.69) is 5.32 Å². The smallest absolute Gasteiger partial charge is 0.408 e. The first-order valence-corrected chi connectivity index (χ1v) is 7.80. The molecule has 1 N–H and O–H groups in total. The van der Waals surface area contributed by atoms with Gasteiger partial charge in [-0.1, -0.05) is 0 Å². The highest BCUT2D eigenvalue weighted by atomic mass is 19.4. The second-order valence-corrected chi connectivity index (χ2v) is 6.04. The molecule has 9 heteroatoms. The van der Waals surface area contributed by atoms with E-state index in [9.17, 15) is 22.8 Å². The number of carbonyl (C=O) groups is 2. The maximum Gasteiger partial charge on any atom is 0.408 e. The molecule has 1 saturated heterocycles. The van der Waals surface area contributed by atoms with E-state index in [1.54, 1.807) is 12.1 Å². The van der Waals surface area contributed by atoms with E-state index in [1.165, 1.54) is 6.07 Å². The van der Waals surface area contributed by atoms with Crippen molar-refractivity contribution >= 4 is 11.8 Å². The summed E-state index contributed by atoms with van der Waals surface area (Å²) in [5, 5.41) is 2.69. The predicted octanol–water partition coefficient (Wildman–Crippen LogP) is 2.09. The van der Waals surface area contributed by atoms with Gasteiger partial charge in [-0.2, -0.15) is 13.2 Å². The van der Waals surface area contributed by atoms with Gasteiger partial charge in [-0.15, -0.1) is 0 Å². The first-order chi connectivity index (χ1) is 11.8. The average molecular weight is 358 g/mol. The van der Waals surface area contributed by atoms with Crippen LogP contribution in [-0.4, -0.2) is 48.3 Å². The molecule has 0 bridgehead atoms. The summed E-state index contributed by atoms with van der Waals surface area (Å²) in [7, 11) is 0. The Balaban J connectivity index is 1.67. The van der Waals surface area contributed by atoms with Crippen LogP contribution in [-0.2, 0) is 4.79 Å². The topological polar surface area (TPSA) is 67.9 Å².